The van der Waals surface area contributed by atoms with E-state index in [2.05, 4.69) is 12.2 Å². The Morgan fingerprint density at radius 2 is 2.07 bits per heavy atom. The second kappa shape index (κ2) is 9.39. The molecule has 2 aliphatic rings. The van der Waals surface area contributed by atoms with Gasteiger partial charge in [0.2, 0.25) is 0 Å². The van der Waals surface area contributed by atoms with Crippen LogP contribution < -0.4 is 14.8 Å². The van der Waals surface area contributed by atoms with E-state index in [1.165, 1.54) is 0 Å². The van der Waals surface area contributed by atoms with Crippen LogP contribution in [0.15, 0.2) is 42.5 Å². The average Bonchev–Trinajstić information content (AvgIpc) is 3.29. The van der Waals surface area contributed by atoms with E-state index in [4.69, 9.17) is 14.2 Å². The maximum Gasteiger partial charge on any atom is 0.257 e. The summed E-state index contributed by atoms with van der Waals surface area (Å²) in [6.07, 6.45) is 3.86. The molecule has 30 heavy (non-hydrogen) atoms. The summed E-state index contributed by atoms with van der Waals surface area (Å²) >= 11 is 0. The lowest BCUT2D eigenvalue weighted by Crippen LogP contribution is -2.46. The number of para-hydroxylation sites is 1. The lowest BCUT2D eigenvalue weighted by Gasteiger charge is -2.39. The second-order valence-corrected chi connectivity index (χ2v) is 7.80. The predicted molar refractivity (Wildman–Crippen MR) is 116 cm³/mol. The molecule has 1 saturated heterocycles. The number of carbonyl (C=O) groups is 1. The standard InChI is InChI=1S/C24H30N2O4/c1-3-4-13-30-21-12-11-17(15-22(21)28-2)23-25-20-10-6-5-9-19(20)24(27)26(23)16-18-8-7-14-29-18/h5-6,9-12,15,18,23,25H,3-4,7-8,13-14,16H2,1-2H3. The lowest BCUT2D eigenvalue weighted by molar-refractivity contribution is 0.0426. The minimum atomic E-state index is -0.296. The minimum absolute atomic E-state index is 0.0205. The van der Waals surface area contributed by atoms with Crippen molar-refractivity contribution in [3.8, 4) is 11.5 Å². The SMILES string of the molecule is CCCCOc1ccc(C2Nc3ccccc3C(=O)N2CC2CCCO2)cc1OC. The molecule has 2 aliphatic heterocycles. The van der Waals surface area contributed by atoms with Crippen LogP contribution in [0.2, 0.25) is 0 Å². The molecule has 160 valence electrons. The monoisotopic (exact) mass is 410 g/mol. The Balaban J connectivity index is 1.64. The Morgan fingerprint density at radius 3 is 2.83 bits per heavy atom. The van der Waals surface area contributed by atoms with Crippen molar-refractivity contribution in [2.75, 3.05) is 32.2 Å². The third-order valence-electron chi connectivity index (χ3n) is 5.71. The summed E-state index contributed by atoms with van der Waals surface area (Å²) in [5, 5.41) is 3.54. The van der Waals surface area contributed by atoms with E-state index in [-0.39, 0.29) is 18.2 Å². The van der Waals surface area contributed by atoms with Crippen molar-refractivity contribution in [1.29, 1.82) is 0 Å². The minimum Gasteiger partial charge on any atom is -0.493 e. The van der Waals surface area contributed by atoms with Gasteiger partial charge in [-0.05, 0) is 49.1 Å². The van der Waals surface area contributed by atoms with Gasteiger partial charge in [-0.3, -0.25) is 4.79 Å². The highest BCUT2D eigenvalue weighted by atomic mass is 16.5. The molecule has 0 aromatic heterocycles. The summed E-state index contributed by atoms with van der Waals surface area (Å²) in [6, 6.07) is 13.6. The predicted octanol–water partition coefficient (Wildman–Crippen LogP) is 4.62. The van der Waals surface area contributed by atoms with Gasteiger partial charge in [0.25, 0.3) is 5.91 Å². The fourth-order valence-corrected chi connectivity index (χ4v) is 4.05. The van der Waals surface area contributed by atoms with Gasteiger partial charge in [-0.1, -0.05) is 31.5 Å². The fourth-order valence-electron chi connectivity index (χ4n) is 4.05. The zero-order chi connectivity index (χ0) is 20.9. The number of nitrogens with one attached hydrogen (secondary N) is 1. The average molecular weight is 411 g/mol. The van der Waals surface area contributed by atoms with Crippen molar-refractivity contribution < 1.29 is 19.0 Å². The molecule has 1 N–H and O–H groups in total. The summed E-state index contributed by atoms with van der Waals surface area (Å²) in [5.41, 5.74) is 2.49. The number of fused-ring (bicyclic) bond motifs is 1. The first-order chi connectivity index (χ1) is 14.7. The Morgan fingerprint density at radius 1 is 1.20 bits per heavy atom. The number of unbranched alkanes of at least 4 members (excludes halogenated alkanes) is 1. The van der Waals surface area contributed by atoms with Crippen LogP contribution >= 0.6 is 0 Å². The molecule has 0 spiro atoms. The number of anilines is 1. The molecule has 1 amide bonds. The highest BCUT2D eigenvalue weighted by molar-refractivity contribution is 6.01. The number of rotatable bonds is 8. The normalized spacial score (nSPS) is 20.6. The molecule has 2 aromatic carbocycles. The lowest BCUT2D eigenvalue weighted by atomic mass is 10.0. The molecule has 2 aromatic rings. The summed E-state index contributed by atoms with van der Waals surface area (Å²) in [4.78, 5) is 15.2. The van der Waals surface area contributed by atoms with Crippen LogP contribution in [0.4, 0.5) is 5.69 Å². The molecular weight excluding hydrogens is 380 g/mol. The maximum absolute atomic E-state index is 13.4. The van der Waals surface area contributed by atoms with Crippen LogP contribution in [0.1, 0.15) is 54.7 Å². The van der Waals surface area contributed by atoms with Crippen molar-refractivity contribution in [3.63, 3.8) is 0 Å². The van der Waals surface area contributed by atoms with Gasteiger partial charge in [0.05, 0.1) is 25.4 Å². The van der Waals surface area contributed by atoms with Gasteiger partial charge >= 0.3 is 0 Å². The van der Waals surface area contributed by atoms with Crippen molar-refractivity contribution >= 4 is 11.6 Å². The second-order valence-electron chi connectivity index (χ2n) is 7.80. The summed E-state index contributed by atoms with van der Waals surface area (Å²) < 4.78 is 17.3. The maximum atomic E-state index is 13.4. The first-order valence-corrected chi connectivity index (χ1v) is 10.8. The van der Waals surface area contributed by atoms with E-state index in [0.717, 1.165) is 49.3 Å². The van der Waals surface area contributed by atoms with E-state index < -0.39 is 0 Å². The number of hydrogen-bond acceptors (Lipinski definition) is 5. The number of benzene rings is 2. The van der Waals surface area contributed by atoms with Crippen molar-refractivity contribution in [3.05, 3.63) is 53.6 Å². The molecule has 2 atom stereocenters. The number of amides is 1. The molecule has 0 aliphatic carbocycles. The van der Waals surface area contributed by atoms with E-state index in [0.29, 0.717) is 24.5 Å². The number of hydrogen-bond donors (Lipinski definition) is 1. The Kier molecular flexibility index (Phi) is 6.43. The van der Waals surface area contributed by atoms with E-state index >= 15 is 0 Å². The fraction of sp³-hybridized carbons (Fsp3) is 0.458. The first kappa shape index (κ1) is 20.5. The van der Waals surface area contributed by atoms with Gasteiger partial charge in [0, 0.05) is 18.8 Å². The van der Waals surface area contributed by atoms with Crippen LogP contribution in [0.25, 0.3) is 0 Å². The van der Waals surface area contributed by atoms with Gasteiger partial charge in [0.1, 0.15) is 6.17 Å². The summed E-state index contributed by atoms with van der Waals surface area (Å²) in [6.45, 7) is 4.11. The van der Waals surface area contributed by atoms with Crippen LogP contribution in [0.3, 0.4) is 0 Å². The first-order valence-electron chi connectivity index (χ1n) is 10.8. The van der Waals surface area contributed by atoms with E-state index in [9.17, 15) is 4.79 Å². The summed E-state index contributed by atoms with van der Waals surface area (Å²) in [5.74, 6) is 1.42. The van der Waals surface area contributed by atoms with E-state index in [1.54, 1.807) is 7.11 Å². The van der Waals surface area contributed by atoms with Crippen LogP contribution in [0, 0.1) is 0 Å². The quantitative estimate of drug-likeness (QED) is 0.644. The van der Waals surface area contributed by atoms with Gasteiger partial charge in [-0.25, -0.2) is 0 Å². The van der Waals surface area contributed by atoms with Crippen molar-refractivity contribution in [2.45, 2.75) is 44.9 Å². The smallest absolute Gasteiger partial charge is 0.257 e. The van der Waals surface area contributed by atoms with Crippen LogP contribution in [0.5, 0.6) is 11.5 Å². The molecule has 0 bridgehead atoms. The van der Waals surface area contributed by atoms with Gasteiger partial charge in [-0.15, -0.1) is 0 Å². The molecule has 2 heterocycles. The molecule has 4 rings (SSSR count). The largest absolute Gasteiger partial charge is 0.493 e. The van der Waals surface area contributed by atoms with Crippen molar-refractivity contribution in [1.82, 2.24) is 4.90 Å². The number of nitrogens with zero attached hydrogens (tertiary/aromatic N) is 1. The topological polar surface area (TPSA) is 60.0 Å². The number of ether oxygens (including phenoxy) is 3. The summed E-state index contributed by atoms with van der Waals surface area (Å²) in [7, 11) is 1.64. The molecule has 6 heteroatoms. The zero-order valence-electron chi connectivity index (χ0n) is 17.7. The van der Waals surface area contributed by atoms with E-state index in [1.807, 2.05) is 47.4 Å². The number of methoxy groups -OCH3 is 1. The Labute approximate surface area is 178 Å². The molecule has 1 fully saturated rings. The molecule has 2 unspecified atom stereocenters. The third-order valence-corrected chi connectivity index (χ3v) is 5.71. The molecule has 0 saturated carbocycles. The molecular formula is C24H30N2O4. The highest BCUT2D eigenvalue weighted by Crippen LogP contribution is 2.37. The highest BCUT2D eigenvalue weighted by Gasteiger charge is 2.35. The van der Waals surface area contributed by atoms with Crippen molar-refractivity contribution in [2.24, 2.45) is 0 Å². The number of carbonyl (C=O) groups excluding carboxylic acids is 1. The Bertz CT molecular complexity index is 879. The third kappa shape index (κ3) is 4.24. The van der Waals surface area contributed by atoms with Gasteiger partial charge in [0.15, 0.2) is 11.5 Å². The van der Waals surface area contributed by atoms with Gasteiger partial charge in [-0.2, -0.15) is 0 Å². The van der Waals surface area contributed by atoms with Crippen LogP contribution in [-0.2, 0) is 4.74 Å². The zero-order valence-corrected chi connectivity index (χ0v) is 17.7. The van der Waals surface area contributed by atoms with Gasteiger partial charge < -0.3 is 24.4 Å². The Hall–Kier alpha value is -2.73. The van der Waals surface area contributed by atoms with Crippen LogP contribution in [-0.4, -0.2) is 43.8 Å². The molecule has 6 nitrogen and oxygen atoms in total. The molecule has 0 radical (unpaired) electrons.